The van der Waals surface area contributed by atoms with Crippen LogP contribution >= 0.6 is 0 Å². The van der Waals surface area contributed by atoms with Crippen LogP contribution in [-0.4, -0.2) is 42.6 Å². The minimum Gasteiger partial charge on any atom is -0.461 e. The lowest BCUT2D eigenvalue weighted by Gasteiger charge is -2.10. The van der Waals surface area contributed by atoms with Gasteiger partial charge in [0.05, 0.1) is 12.3 Å². The molecule has 0 aliphatic rings. The van der Waals surface area contributed by atoms with Gasteiger partial charge in [0.2, 0.25) is 11.9 Å². The Hall–Kier alpha value is -2.45. The molecule has 9 heteroatoms. The lowest BCUT2D eigenvalue weighted by Crippen LogP contribution is -2.14. The minimum atomic E-state index is -0.0167. The molecule has 0 saturated heterocycles. The molecule has 20 heavy (non-hydrogen) atoms. The molecule has 9 nitrogen and oxygen atoms in total. The normalized spacial score (nSPS) is 10.8. The maximum absolute atomic E-state index is 5.61. The topological polar surface area (TPSA) is 117 Å². The number of nitrogens with two attached hydrogens (primary N) is 1. The lowest BCUT2D eigenvalue weighted by molar-refractivity contribution is 0.222. The van der Waals surface area contributed by atoms with Crippen LogP contribution in [0.4, 0.5) is 11.9 Å². The number of aryl methyl sites for hydroxylation is 1. The number of ether oxygens (including phenoxy) is 1. The number of rotatable bonds is 7. The number of nitrogen functional groups attached to an aromatic ring is 1. The van der Waals surface area contributed by atoms with E-state index < -0.39 is 0 Å². The van der Waals surface area contributed by atoms with Crippen molar-refractivity contribution in [3.63, 3.8) is 0 Å². The molecule has 0 atom stereocenters. The van der Waals surface area contributed by atoms with E-state index in [1.54, 1.807) is 10.9 Å². The maximum atomic E-state index is 5.61. The Bertz CT molecular complexity index is 527. The van der Waals surface area contributed by atoms with E-state index in [-0.39, 0.29) is 18.1 Å². The molecule has 2 rings (SSSR count). The largest absolute Gasteiger partial charge is 0.461 e. The molecule has 3 N–H and O–H groups in total. The van der Waals surface area contributed by atoms with Gasteiger partial charge < -0.3 is 15.8 Å². The summed E-state index contributed by atoms with van der Waals surface area (Å²) in [5, 5.41) is 10.7. The molecule has 0 fully saturated rings. The molecule has 0 radical (unpaired) electrons. The SMILES string of the molecule is CC(C)Oc1nc(N)nc(NCCCn2ccnn2)n1. The summed E-state index contributed by atoms with van der Waals surface area (Å²) in [7, 11) is 0. The second-order valence-corrected chi connectivity index (χ2v) is 4.41. The summed E-state index contributed by atoms with van der Waals surface area (Å²) in [4.78, 5) is 12.1. The van der Waals surface area contributed by atoms with Gasteiger partial charge in [0, 0.05) is 19.3 Å². The van der Waals surface area contributed by atoms with Crippen molar-refractivity contribution < 1.29 is 4.74 Å². The predicted molar refractivity (Wildman–Crippen MR) is 73.1 cm³/mol. The molecule has 0 amide bonds. The molecule has 2 aromatic heterocycles. The highest BCUT2D eigenvalue weighted by Crippen LogP contribution is 2.10. The van der Waals surface area contributed by atoms with Crippen LogP contribution in [0, 0.1) is 0 Å². The highest BCUT2D eigenvalue weighted by Gasteiger charge is 2.06. The van der Waals surface area contributed by atoms with Gasteiger partial charge in [0.1, 0.15) is 0 Å². The quantitative estimate of drug-likeness (QED) is 0.696. The average molecular weight is 278 g/mol. The van der Waals surface area contributed by atoms with Crippen molar-refractivity contribution in [2.24, 2.45) is 0 Å². The molecule has 0 aromatic carbocycles. The third kappa shape index (κ3) is 4.34. The van der Waals surface area contributed by atoms with Gasteiger partial charge in [-0.15, -0.1) is 5.10 Å². The van der Waals surface area contributed by atoms with E-state index in [1.165, 1.54) is 0 Å². The van der Waals surface area contributed by atoms with Crippen molar-refractivity contribution in [3.8, 4) is 6.01 Å². The first kappa shape index (κ1) is 14.0. The van der Waals surface area contributed by atoms with Crippen molar-refractivity contribution in [2.45, 2.75) is 32.9 Å². The van der Waals surface area contributed by atoms with Gasteiger partial charge in [0.15, 0.2) is 0 Å². The first-order valence-corrected chi connectivity index (χ1v) is 6.39. The fraction of sp³-hybridized carbons (Fsp3) is 0.545. The van der Waals surface area contributed by atoms with E-state index in [1.807, 2.05) is 20.0 Å². The summed E-state index contributed by atoms with van der Waals surface area (Å²) >= 11 is 0. The first-order valence-electron chi connectivity index (χ1n) is 6.39. The second-order valence-electron chi connectivity index (χ2n) is 4.41. The Morgan fingerprint density at radius 1 is 1.35 bits per heavy atom. The van der Waals surface area contributed by atoms with E-state index in [0.717, 1.165) is 13.0 Å². The highest BCUT2D eigenvalue weighted by molar-refractivity contribution is 5.32. The van der Waals surface area contributed by atoms with Crippen LogP contribution in [0.5, 0.6) is 6.01 Å². The molecule has 0 bridgehead atoms. The lowest BCUT2D eigenvalue weighted by atomic mass is 10.4. The molecule has 0 unspecified atom stereocenters. The zero-order valence-electron chi connectivity index (χ0n) is 11.5. The van der Waals surface area contributed by atoms with Crippen molar-refractivity contribution >= 4 is 11.9 Å². The standard InChI is InChI=1S/C11H18N8O/c1-8(2)20-11-16-9(12)15-10(17-11)13-4-3-6-19-7-5-14-18-19/h5,7-8H,3-4,6H2,1-2H3,(H3,12,13,15,16,17). The van der Waals surface area contributed by atoms with Gasteiger partial charge in [-0.3, -0.25) is 4.68 Å². The van der Waals surface area contributed by atoms with Crippen molar-refractivity contribution in [3.05, 3.63) is 12.4 Å². The number of nitrogens with zero attached hydrogens (tertiary/aromatic N) is 6. The molecule has 2 heterocycles. The van der Waals surface area contributed by atoms with Crippen molar-refractivity contribution in [2.75, 3.05) is 17.6 Å². The summed E-state index contributed by atoms with van der Waals surface area (Å²) in [6, 6.07) is 0.228. The van der Waals surface area contributed by atoms with Gasteiger partial charge in [-0.2, -0.15) is 15.0 Å². The summed E-state index contributed by atoms with van der Waals surface area (Å²) < 4.78 is 7.16. The molecule has 0 spiro atoms. The van der Waals surface area contributed by atoms with E-state index in [0.29, 0.717) is 12.5 Å². The van der Waals surface area contributed by atoms with E-state index in [2.05, 4.69) is 30.6 Å². The highest BCUT2D eigenvalue weighted by atomic mass is 16.5. The van der Waals surface area contributed by atoms with Crippen LogP contribution in [-0.2, 0) is 6.54 Å². The minimum absolute atomic E-state index is 0.0167. The molecule has 0 aliphatic carbocycles. The third-order valence-corrected chi connectivity index (χ3v) is 2.29. The Morgan fingerprint density at radius 3 is 2.90 bits per heavy atom. The number of nitrogens with one attached hydrogen (secondary N) is 1. The molecule has 2 aromatic rings. The second kappa shape index (κ2) is 6.64. The van der Waals surface area contributed by atoms with E-state index >= 15 is 0 Å². The van der Waals surface area contributed by atoms with Crippen LogP contribution < -0.4 is 15.8 Å². The Kier molecular flexibility index (Phi) is 4.64. The number of anilines is 2. The monoisotopic (exact) mass is 278 g/mol. The Morgan fingerprint density at radius 2 is 2.20 bits per heavy atom. The van der Waals surface area contributed by atoms with Crippen LogP contribution in [0.25, 0.3) is 0 Å². The van der Waals surface area contributed by atoms with Crippen LogP contribution in [0.1, 0.15) is 20.3 Å². The summed E-state index contributed by atoms with van der Waals surface area (Å²) in [5.41, 5.74) is 5.61. The average Bonchev–Trinajstić information content (AvgIpc) is 2.86. The maximum Gasteiger partial charge on any atom is 0.323 e. The van der Waals surface area contributed by atoms with Crippen LogP contribution in [0.15, 0.2) is 12.4 Å². The third-order valence-electron chi connectivity index (χ3n) is 2.29. The molecule has 0 saturated carbocycles. The van der Waals surface area contributed by atoms with E-state index in [9.17, 15) is 0 Å². The zero-order valence-corrected chi connectivity index (χ0v) is 11.5. The Balaban J connectivity index is 1.84. The number of hydrogen-bond acceptors (Lipinski definition) is 8. The van der Waals surface area contributed by atoms with Gasteiger partial charge in [-0.25, -0.2) is 0 Å². The predicted octanol–water partition coefficient (Wildman–Crippen LogP) is 0.335. The van der Waals surface area contributed by atoms with Crippen molar-refractivity contribution in [1.82, 2.24) is 29.9 Å². The fourth-order valence-corrected chi connectivity index (χ4v) is 1.51. The summed E-state index contributed by atoms with van der Waals surface area (Å²) in [6.07, 6.45) is 4.30. The first-order chi connectivity index (χ1) is 9.63. The zero-order chi connectivity index (χ0) is 14.4. The van der Waals surface area contributed by atoms with Gasteiger partial charge in [-0.05, 0) is 20.3 Å². The summed E-state index contributed by atoms with van der Waals surface area (Å²) in [6.45, 7) is 5.24. The smallest absolute Gasteiger partial charge is 0.323 e. The van der Waals surface area contributed by atoms with E-state index in [4.69, 9.17) is 10.5 Å². The summed E-state index contributed by atoms with van der Waals surface area (Å²) in [5.74, 6) is 0.543. The molecule has 108 valence electrons. The van der Waals surface area contributed by atoms with Crippen LogP contribution in [0.2, 0.25) is 0 Å². The number of hydrogen-bond donors (Lipinski definition) is 2. The molecular weight excluding hydrogens is 260 g/mol. The Labute approximate surface area is 116 Å². The van der Waals surface area contributed by atoms with Crippen LogP contribution in [0.3, 0.4) is 0 Å². The molecule has 0 aliphatic heterocycles. The van der Waals surface area contributed by atoms with Gasteiger partial charge in [0.25, 0.3) is 0 Å². The number of aromatic nitrogens is 6. The molecular formula is C11H18N8O. The van der Waals surface area contributed by atoms with Gasteiger partial charge in [-0.1, -0.05) is 5.21 Å². The fourth-order valence-electron chi connectivity index (χ4n) is 1.51. The van der Waals surface area contributed by atoms with Gasteiger partial charge >= 0.3 is 6.01 Å². The van der Waals surface area contributed by atoms with Crippen molar-refractivity contribution in [1.29, 1.82) is 0 Å².